The van der Waals surface area contributed by atoms with E-state index in [1.54, 1.807) is 19.1 Å². The van der Waals surface area contributed by atoms with Gasteiger partial charge < -0.3 is 20.5 Å². The van der Waals surface area contributed by atoms with Crippen LogP contribution in [-0.2, 0) is 4.74 Å². The lowest BCUT2D eigenvalue weighted by atomic mass is 9.90. The predicted octanol–water partition coefficient (Wildman–Crippen LogP) is 2.30. The first-order valence-electron chi connectivity index (χ1n) is 9.17. The zero-order valence-electron chi connectivity index (χ0n) is 15.9. The van der Waals surface area contributed by atoms with Crippen LogP contribution in [0.25, 0.3) is 0 Å². The van der Waals surface area contributed by atoms with Crippen LogP contribution in [-0.4, -0.2) is 55.3 Å². The molecule has 146 valence electrons. The maximum atomic E-state index is 13.0. The summed E-state index contributed by atoms with van der Waals surface area (Å²) in [6.45, 7) is 4.97. The number of amides is 1. The van der Waals surface area contributed by atoms with Gasteiger partial charge in [0.2, 0.25) is 0 Å². The van der Waals surface area contributed by atoms with Crippen molar-refractivity contribution in [1.29, 1.82) is 0 Å². The number of nitrogen functional groups attached to an aromatic ring is 1. The van der Waals surface area contributed by atoms with Gasteiger partial charge in [-0.05, 0) is 39.8 Å². The van der Waals surface area contributed by atoms with Crippen molar-refractivity contribution in [1.82, 2.24) is 10.2 Å². The number of piperidine rings is 1. The monoisotopic (exact) mass is 391 g/mol. The highest BCUT2D eigenvalue weighted by Crippen LogP contribution is 2.31. The molecule has 3 rings (SSSR count). The van der Waals surface area contributed by atoms with Crippen molar-refractivity contribution < 1.29 is 14.3 Å². The van der Waals surface area contributed by atoms with Crippen LogP contribution in [0.5, 0.6) is 5.75 Å². The summed E-state index contributed by atoms with van der Waals surface area (Å²) in [4.78, 5) is 15.3. The summed E-state index contributed by atoms with van der Waals surface area (Å²) >= 11 is 6.16. The van der Waals surface area contributed by atoms with E-state index in [9.17, 15) is 4.79 Å². The van der Waals surface area contributed by atoms with Crippen molar-refractivity contribution >= 4 is 23.2 Å². The number of nitrogens with one attached hydrogen (secondary N) is 1. The third-order valence-corrected chi connectivity index (χ3v) is 5.54. The van der Waals surface area contributed by atoms with Gasteiger partial charge in [-0.3, -0.25) is 9.69 Å². The molecule has 2 aliphatic heterocycles. The first kappa shape index (κ1) is 19.8. The minimum Gasteiger partial charge on any atom is -0.477 e. The average Bonchev–Trinajstić information content (AvgIpc) is 2.59. The fraction of sp³-hybridized carbons (Fsp3) is 0.550. The van der Waals surface area contributed by atoms with Gasteiger partial charge in [-0.1, -0.05) is 17.5 Å². The lowest BCUT2D eigenvalue weighted by molar-refractivity contribution is -0.0670. The number of anilines is 1. The summed E-state index contributed by atoms with van der Waals surface area (Å²) < 4.78 is 11.5. The van der Waals surface area contributed by atoms with Crippen molar-refractivity contribution in [3.05, 3.63) is 22.7 Å². The SMILES string of the molecule is CC#CC(C)Oc1cc(N)c(Cl)cc1C(=O)NC1CC2COCC(C1)N2C. The number of carbonyl (C=O) groups is 1. The van der Waals surface area contributed by atoms with Gasteiger partial charge in [0.25, 0.3) is 5.91 Å². The first-order valence-corrected chi connectivity index (χ1v) is 9.55. The molecular weight excluding hydrogens is 366 g/mol. The number of carbonyl (C=O) groups excluding carboxylic acids is 1. The Labute approximate surface area is 165 Å². The molecule has 0 spiro atoms. The Morgan fingerprint density at radius 1 is 1.41 bits per heavy atom. The number of halogens is 1. The van der Waals surface area contributed by atoms with Crippen molar-refractivity contribution in [3.8, 4) is 17.6 Å². The highest BCUT2D eigenvalue weighted by molar-refractivity contribution is 6.33. The lowest BCUT2D eigenvalue weighted by Crippen LogP contribution is -2.59. The fourth-order valence-electron chi connectivity index (χ4n) is 3.74. The van der Waals surface area contributed by atoms with E-state index in [1.807, 2.05) is 6.92 Å². The number of hydrogen-bond donors (Lipinski definition) is 2. The second kappa shape index (κ2) is 8.39. The molecule has 0 radical (unpaired) electrons. The molecule has 7 heteroatoms. The van der Waals surface area contributed by atoms with E-state index < -0.39 is 0 Å². The van der Waals surface area contributed by atoms with E-state index in [1.165, 1.54) is 0 Å². The van der Waals surface area contributed by atoms with E-state index in [2.05, 4.69) is 29.1 Å². The zero-order valence-corrected chi connectivity index (χ0v) is 16.7. The number of nitrogens with zero attached hydrogens (tertiary/aromatic N) is 1. The van der Waals surface area contributed by atoms with E-state index >= 15 is 0 Å². The van der Waals surface area contributed by atoms with Crippen molar-refractivity contribution in [2.45, 2.75) is 50.9 Å². The number of likely N-dealkylation sites (N-methyl/N-ethyl adjacent to an activating group) is 1. The number of fused-ring (bicyclic) bond motifs is 2. The summed E-state index contributed by atoms with van der Waals surface area (Å²) in [5.41, 5.74) is 6.64. The number of rotatable bonds is 4. The second-order valence-electron chi connectivity index (χ2n) is 7.18. The molecule has 27 heavy (non-hydrogen) atoms. The molecule has 2 heterocycles. The number of ether oxygens (including phenoxy) is 2. The first-order chi connectivity index (χ1) is 12.9. The summed E-state index contributed by atoms with van der Waals surface area (Å²) in [6, 6.07) is 3.89. The Balaban J connectivity index is 1.77. The smallest absolute Gasteiger partial charge is 0.255 e. The zero-order chi connectivity index (χ0) is 19.6. The number of hydrogen-bond acceptors (Lipinski definition) is 5. The highest BCUT2D eigenvalue weighted by atomic mass is 35.5. The third kappa shape index (κ3) is 4.49. The van der Waals surface area contributed by atoms with Crippen LogP contribution in [0.1, 0.15) is 37.0 Å². The molecule has 3 N–H and O–H groups in total. The van der Waals surface area contributed by atoms with Crippen LogP contribution < -0.4 is 15.8 Å². The molecule has 2 bridgehead atoms. The van der Waals surface area contributed by atoms with Gasteiger partial charge >= 0.3 is 0 Å². The molecule has 2 saturated heterocycles. The van der Waals surface area contributed by atoms with Gasteiger partial charge in [-0.25, -0.2) is 0 Å². The molecule has 0 aliphatic carbocycles. The summed E-state index contributed by atoms with van der Waals surface area (Å²) in [6.07, 6.45) is 1.35. The topological polar surface area (TPSA) is 76.8 Å². The molecule has 6 nitrogen and oxygen atoms in total. The maximum absolute atomic E-state index is 13.0. The molecule has 1 amide bonds. The van der Waals surface area contributed by atoms with Crippen LogP contribution in [0.2, 0.25) is 5.02 Å². The Kier molecular flexibility index (Phi) is 6.15. The lowest BCUT2D eigenvalue weighted by Gasteiger charge is -2.46. The van der Waals surface area contributed by atoms with Gasteiger partial charge in [-0.15, -0.1) is 5.92 Å². The van der Waals surface area contributed by atoms with Gasteiger partial charge in [0.05, 0.1) is 29.5 Å². The van der Waals surface area contributed by atoms with Crippen LogP contribution in [0, 0.1) is 11.8 Å². The van der Waals surface area contributed by atoms with Crippen molar-refractivity contribution in [2.24, 2.45) is 0 Å². The number of morpholine rings is 1. The van der Waals surface area contributed by atoms with E-state index in [-0.39, 0.29) is 18.1 Å². The quantitative estimate of drug-likeness (QED) is 0.608. The van der Waals surface area contributed by atoms with Crippen LogP contribution in [0.15, 0.2) is 12.1 Å². The van der Waals surface area contributed by atoms with E-state index in [4.69, 9.17) is 26.8 Å². The highest BCUT2D eigenvalue weighted by Gasteiger charge is 2.37. The standard InChI is InChI=1S/C20H26ClN3O3/c1-4-5-12(2)27-19-9-18(22)17(21)8-16(19)20(25)23-13-6-14-10-26-11-15(7-13)24(14)3/h8-9,12-15H,6-7,10-11,22H2,1-3H3,(H,23,25). The van der Waals surface area contributed by atoms with E-state index in [0.717, 1.165) is 12.8 Å². The molecule has 3 atom stereocenters. The summed E-state index contributed by atoms with van der Waals surface area (Å²) in [7, 11) is 2.12. The van der Waals surface area contributed by atoms with Gasteiger partial charge in [0.15, 0.2) is 6.10 Å². The molecular formula is C20H26ClN3O3. The van der Waals surface area contributed by atoms with Crippen molar-refractivity contribution in [3.63, 3.8) is 0 Å². The molecule has 0 aromatic heterocycles. The Morgan fingerprint density at radius 2 is 2.07 bits per heavy atom. The largest absolute Gasteiger partial charge is 0.477 e. The molecule has 2 fully saturated rings. The van der Waals surface area contributed by atoms with Gasteiger partial charge in [-0.2, -0.15) is 0 Å². The number of benzene rings is 1. The average molecular weight is 392 g/mol. The fourth-order valence-corrected chi connectivity index (χ4v) is 3.91. The van der Waals surface area contributed by atoms with Crippen molar-refractivity contribution in [2.75, 3.05) is 26.0 Å². The van der Waals surface area contributed by atoms with Crippen LogP contribution in [0.3, 0.4) is 0 Å². The predicted molar refractivity (Wildman–Crippen MR) is 106 cm³/mol. The Hall–Kier alpha value is -1.94. The second-order valence-corrected chi connectivity index (χ2v) is 7.58. The van der Waals surface area contributed by atoms with Crippen LogP contribution in [0.4, 0.5) is 5.69 Å². The summed E-state index contributed by atoms with van der Waals surface area (Å²) in [5, 5.41) is 3.47. The molecule has 1 aromatic rings. The van der Waals surface area contributed by atoms with Gasteiger partial charge in [0.1, 0.15) is 5.75 Å². The van der Waals surface area contributed by atoms with E-state index in [0.29, 0.717) is 47.3 Å². The molecule has 2 aliphatic rings. The van der Waals surface area contributed by atoms with Gasteiger partial charge in [0, 0.05) is 24.2 Å². The minimum absolute atomic E-state index is 0.0876. The molecule has 3 unspecified atom stereocenters. The summed E-state index contributed by atoms with van der Waals surface area (Å²) in [5.74, 6) is 5.89. The molecule has 1 aromatic carbocycles. The Bertz CT molecular complexity index is 760. The minimum atomic E-state index is -0.359. The number of nitrogens with two attached hydrogens (primary N) is 1. The normalized spacial score (nSPS) is 25.9. The Morgan fingerprint density at radius 3 is 2.70 bits per heavy atom. The molecule has 0 saturated carbocycles. The van der Waals surface area contributed by atoms with Crippen LogP contribution >= 0.6 is 11.6 Å². The third-order valence-electron chi connectivity index (χ3n) is 5.22. The maximum Gasteiger partial charge on any atom is 0.255 e.